The molecule has 4 rings (SSSR count). The fourth-order valence-corrected chi connectivity index (χ4v) is 3.54. The van der Waals surface area contributed by atoms with E-state index in [4.69, 9.17) is 4.74 Å². The Bertz CT molecular complexity index is 538. The molecule has 3 aliphatic rings. The third-order valence-corrected chi connectivity index (χ3v) is 4.96. The number of ether oxygens (including phenoxy) is 1. The lowest BCUT2D eigenvalue weighted by molar-refractivity contribution is -0.157. The van der Waals surface area contributed by atoms with Crippen LogP contribution < -0.4 is 5.32 Å². The van der Waals surface area contributed by atoms with Crippen LogP contribution in [0.4, 0.5) is 0 Å². The summed E-state index contributed by atoms with van der Waals surface area (Å²) in [5, 5.41) is 3.04. The van der Waals surface area contributed by atoms with Crippen molar-refractivity contribution in [3.8, 4) is 0 Å². The largest absolute Gasteiger partial charge is 0.359 e. The van der Waals surface area contributed by atoms with E-state index in [9.17, 15) is 4.79 Å². The minimum absolute atomic E-state index is 0.0796. The van der Waals surface area contributed by atoms with Crippen LogP contribution in [-0.4, -0.2) is 47.1 Å². The highest BCUT2D eigenvalue weighted by Crippen LogP contribution is 2.39. The van der Waals surface area contributed by atoms with Gasteiger partial charge in [0.25, 0.3) is 0 Å². The number of aromatic nitrogens is 1. The quantitative estimate of drug-likeness (QED) is 0.892. The van der Waals surface area contributed by atoms with E-state index in [1.54, 1.807) is 6.20 Å². The molecule has 118 valence electrons. The molecule has 1 spiro atoms. The fraction of sp³-hybridized carbons (Fsp3) is 0.647. The number of hydrogen-bond acceptors (Lipinski definition) is 4. The van der Waals surface area contributed by atoms with Crippen LogP contribution >= 0.6 is 0 Å². The third kappa shape index (κ3) is 3.01. The number of amides is 1. The topological polar surface area (TPSA) is 54.5 Å². The summed E-state index contributed by atoms with van der Waals surface area (Å²) in [5.74, 6) is 0.812. The molecule has 0 aromatic carbocycles. The number of pyridine rings is 1. The molecule has 2 aliphatic heterocycles. The van der Waals surface area contributed by atoms with Gasteiger partial charge in [-0.1, -0.05) is 6.07 Å². The van der Waals surface area contributed by atoms with Crippen molar-refractivity contribution in [2.24, 2.45) is 5.92 Å². The van der Waals surface area contributed by atoms with Gasteiger partial charge < -0.3 is 10.1 Å². The van der Waals surface area contributed by atoms with Crippen molar-refractivity contribution < 1.29 is 9.53 Å². The van der Waals surface area contributed by atoms with Gasteiger partial charge in [0.05, 0.1) is 5.60 Å². The molecule has 0 bridgehead atoms. The standard InChI is InChI=1S/C17H23N3O2/c21-16(19-9-13-3-4-13)15-5-6-17(22-15)11-20(12-17)10-14-2-1-7-18-8-14/h1-2,7-8,13,15H,3-6,9-12H2,(H,19,21)/t15-/m0/s1. The van der Waals surface area contributed by atoms with Gasteiger partial charge in [-0.3, -0.25) is 14.7 Å². The van der Waals surface area contributed by atoms with Gasteiger partial charge >= 0.3 is 0 Å². The molecule has 1 amide bonds. The monoisotopic (exact) mass is 301 g/mol. The van der Waals surface area contributed by atoms with Crippen molar-refractivity contribution in [2.75, 3.05) is 19.6 Å². The Balaban J connectivity index is 1.24. The zero-order valence-corrected chi connectivity index (χ0v) is 12.8. The van der Waals surface area contributed by atoms with Gasteiger partial charge in [-0.15, -0.1) is 0 Å². The second-order valence-electron chi connectivity index (χ2n) is 7.02. The first-order valence-corrected chi connectivity index (χ1v) is 8.29. The molecule has 5 heteroatoms. The van der Waals surface area contributed by atoms with Crippen molar-refractivity contribution in [3.05, 3.63) is 30.1 Å². The molecule has 1 N–H and O–H groups in total. The van der Waals surface area contributed by atoms with Crippen molar-refractivity contribution in [3.63, 3.8) is 0 Å². The Morgan fingerprint density at radius 3 is 3.00 bits per heavy atom. The molecule has 5 nitrogen and oxygen atoms in total. The summed E-state index contributed by atoms with van der Waals surface area (Å²) in [6.07, 6.45) is 7.85. The van der Waals surface area contributed by atoms with E-state index < -0.39 is 0 Å². The van der Waals surface area contributed by atoms with E-state index in [1.165, 1.54) is 18.4 Å². The molecule has 22 heavy (non-hydrogen) atoms. The van der Waals surface area contributed by atoms with Crippen LogP contribution in [0.5, 0.6) is 0 Å². The van der Waals surface area contributed by atoms with Crippen LogP contribution in [0.1, 0.15) is 31.2 Å². The van der Waals surface area contributed by atoms with Crippen LogP contribution in [0.25, 0.3) is 0 Å². The maximum atomic E-state index is 12.1. The lowest BCUT2D eigenvalue weighted by atomic mass is 9.90. The summed E-state index contributed by atoms with van der Waals surface area (Å²) in [6.45, 7) is 3.60. The van der Waals surface area contributed by atoms with E-state index in [0.717, 1.165) is 44.9 Å². The first-order valence-electron chi connectivity index (χ1n) is 8.29. The van der Waals surface area contributed by atoms with Gasteiger partial charge in [0, 0.05) is 38.6 Å². The van der Waals surface area contributed by atoms with Crippen LogP contribution in [-0.2, 0) is 16.1 Å². The van der Waals surface area contributed by atoms with Crippen LogP contribution in [0, 0.1) is 5.92 Å². The second-order valence-corrected chi connectivity index (χ2v) is 7.02. The van der Waals surface area contributed by atoms with Gasteiger partial charge in [-0.05, 0) is 43.2 Å². The lowest BCUT2D eigenvalue weighted by Gasteiger charge is -2.47. The highest BCUT2D eigenvalue weighted by Gasteiger charge is 2.50. The highest BCUT2D eigenvalue weighted by atomic mass is 16.5. The van der Waals surface area contributed by atoms with Gasteiger partial charge in [0.15, 0.2) is 0 Å². The Kier molecular flexibility index (Phi) is 3.62. The third-order valence-electron chi connectivity index (χ3n) is 4.96. The van der Waals surface area contributed by atoms with E-state index >= 15 is 0 Å². The number of carbonyl (C=O) groups excluding carboxylic acids is 1. The first kappa shape index (κ1) is 14.2. The summed E-state index contributed by atoms with van der Waals surface area (Å²) in [5.41, 5.74) is 1.15. The minimum atomic E-state index is -0.237. The summed E-state index contributed by atoms with van der Waals surface area (Å²) in [4.78, 5) is 18.6. The predicted octanol–water partition coefficient (Wildman–Crippen LogP) is 1.34. The van der Waals surface area contributed by atoms with E-state index in [1.807, 2.05) is 12.3 Å². The van der Waals surface area contributed by atoms with Gasteiger partial charge in [0.1, 0.15) is 6.10 Å². The molecular weight excluding hydrogens is 278 g/mol. The average molecular weight is 301 g/mol. The smallest absolute Gasteiger partial charge is 0.249 e. The number of rotatable bonds is 5. The molecule has 1 aromatic heterocycles. The Morgan fingerprint density at radius 1 is 1.41 bits per heavy atom. The average Bonchev–Trinajstić information content (AvgIpc) is 3.23. The fourth-order valence-electron chi connectivity index (χ4n) is 3.54. The molecule has 0 unspecified atom stereocenters. The molecule has 3 fully saturated rings. The maximum absolute atomic E-state index is 12.1. The second kappa shape index (κ2) is 5.63. The van der Waals surface area contributed by atoms with Gasteiger partial charge in [0.2, 0.25) is 5.91 Å². The van der Waals surface area contributed by atoms with E-state index in [2.05, 4.69) is 21.3 Å². The molecule has 1 aromatic rings. The number of carbonyl (C=O) groups is 1. The predicted molar refractivity (Wildman–Crippen MR) is 82.1 cm³/mol. The molecule has 1 saturated carbocycles. The van der Waals surface area contributed by atoms with E-state index in [0.29, 0.717) is 0 Å². The molecule has 3 heterocycles. The molecular formula is C17H23N3O2. The van der Waals surface area contributed by atoms with Crippen molar-refractivity contribution in [2.45, 2.75) is 43.9 Å². The number of hydrogen-bond donors (Lipinski definition) is 1. The van der Waals surface area contributed by atoms with Crippen molar-refractivity contribution in [1.29, 1.82) is 0 Å². The maximum Gasteiger partial charge on any atom is 0.249 e. The van der Waals surface area contributed by atoms with Crippen molar-refractivity contribution >= 4 is 5.91 Å². The molecule has 2 saturated heterocycles. The van der Waals surface area contributed by atoms with Crippen molar-refractivity contribution in [1.82, 2.24) is 15.2 Å². The normalized spacial score (nSPS) is 26.8. The molecule has 1 aliphatic carbocycles. The Labute approximate surface area is 131 Å². The number of likely N-dealkylation sites (tertiary alicyclic amines) is 1. The Hall–Kier alpha value is -1.46. The zero-order chi connectivity index (χ0) is 15.0. The number of nitrogens with zero attached hydrogens (tertiary/aromatic N) is 2. The Morgan fingerprint density at radius 2 is 2.27 bits per heavy atom. The first-order chi connectivity index (χ1) is 10.7. The summed E-state index contributed by atoms with van der Waals surface area (Å²) >= 11 is 0. The SMILES string of the molecule is O=C(NCC1CC1)[C@@H]1CCC2(CN(Cc3cccnc3)C2)O1. The summed E-state index contributed by atoms with van der Waals surface area (Å²) in [6, 6.07) is 4.07. The number of nitrogens with one attached hydrogen (secondary N) is 1. The molecule has 1 atom stereocenters. The van der Waals surface area contributed by atoms with Crippen LogP contribution in [0.15, 0.2) is 24.5 Å². The van der Waals surface area contributed by atoms with E-state index in [-0.39, 0.29) is 17.6 Å². The minimum Gasteiger partial charge on any atom is -0.359 e. The van der Waals surface area contributed by atoms with Gasteiger partial charge in [-0.2, -0.15) is 0 Å². The summed E-state index contributed by atoms with van der Waals surface area (Å²) in [7, 11) is 0. The molecule has 0 radical (unpaired) electrons. The van der Waals surface area contributed by atoms with Gasteiger partial charge in [-0.25, -0.2) is 0 Å². The summed E-state index contributed by atoms with van der Waals surface area (Å²) < 4.78 is 6.10. The zero-order valence-electron chi connectivity index (χ0n) is 12.8. The van der Waals surface area contributed by atoms with Crippen LogP contribution in [0.2, 0.25) is 0 Å². The van der Waals surface area contributed by atoms with Crippen LogP contribution in [0.3, 0.4) is 0 Å². The lowest BCUT2D eigenvalue weighted by Crippen LogP contribution is -2.61. The highest BCUT2D eigenvalue weighted by molar-refractivity contribution is 5.81.